The Morgan fingerprint density at radius 3 is 2.53 bits per heavy atom. The molecule has 9 nitrogen and oxygen atoms in total. The summed E-state index contributed by atoms with van der Waals surface area (Å²) >= 11 is 0. The summed E-state index contributed by atoms with van der Waals surface area (Å²) in [5, 5.41) is 11.1. The number of fused-ring (bicyclic) bond motifs is 2. The molecular formula is C27H24N6O3. The molecule has 1 atom stereocenters. The maximum atomic E-state index is 13.7. The Bertz CT molecular complexity index is 1480. The van der Waals surface area contributed by atoms with Crippen molar-refractivity contribution >= 4 is 17.5 Å². The van der Waals surface area contributed by atoms with Gasteiger partial charge in [0.15, 0.2) is 17.3 Å². The number of anilines is 2. The average Bonchev–Trinajstić information content (AvgIpc) is 3.33. The molecule has 0 aliphatic carbocycles. The molecule has 2 N–H and O–H groups in total. The zero-order chi connectivity index (χ0) is 24.6. The number of allylic oxidation sites excluding steroid dienone is 1. The smallest absolute Gasteiger partial charge is 0.255 e. The number of amides is 1. The van der Waals surface area contributed by atoms with Crippen LogP contribution >= 0.6 is 0 Å². The first-order valence-electron chi connectivity index (χ1n) is 11.7. The third-order valence-corrected chi connectivity index (χ3v) is 6.23. The molecule has 4 heterocycles. The van der Waals surface area contributed by atoms with Crippen LogP contribution in [0.1, 0.15) is 24.1 Å². The number of aryl methyl sites for hydroxylation is 1. The number of nitrogens with one attached hydrogen (secondary N) is 2. The van der Waals surface area contributed by atoms with Gasteiger partial charge < -0.3 is 20.1 Å². The van der Waals surface area contributed by atoms with Crippen LogP contribution in [0.15, 0.2) is 78.3 Å². The van der Waals surface area contributed by atoms with E-state index in [1.54, 1.807) is 17.1 Å². The van der Waals surface area contributed by atoms with Crippen molar-refractivity contribution in [2.75, 3.05) is 23.8 Å². The monoisotopic (exact) mass is 480 g/mol. The van der Waals surface area contributed by atoms with Crippen molar-refractivity contribution in [2.24, 2.45) is 0 Å². The average molecular weight is 481 g/mol. The Morgan fingerprint density at radius 1 is 1.00 bits per heavy atom. The van der Waals surface area contributed by atoms with Crippen LogP contribution in [-0.4, -0.2) is 38.9 Å². The Morgan fingerprint density at radius 2 is 1.75 bits per heavy atom. The van der Waals surface area contributed by atoms with Gasteiger partial charge in [-0.15, -0.1) is 5.10 Å². The molecule has 4 aromatic rings. The number of aromatic nitrogens is 4. The number of ether oxygens (including phenoxy) is 2. The first-order chi connectivity index (χ1) is 17.6. The van der Waals surface area contributed by atoms with Crippen molar-refractivity contribution in [1.82, 2.24) is 19.7 Å². The minimum absolute atomic E-state index is 0.227. The quantitative estimate of drug-likeness (QED) is 0.448. The fourth-order valence-electron chi connectivity index (χ4n) is 4.44. The molecule has 2 aliphatic heterocycles. The number of carbonyl (C=O) groups excluding carboxylic acids is 1. The molecule has 0 bridgehead atoms. The van der Waals surface area contributed by atoms with Crippen LogP contribution < -0.4 is 20.1 Å². The number of rotatable bonds is 4. The highest BCUT2D eigenvalue weighted by atomic mass is 16.6. The lowest BCUT2D eigenvalue weighted by Gasteiger charge is -2.29. The highest BCUT2D eigenvalue weighted by Crippen LogP contribution is 2.40. The van der Waals surface area contributed by atoms with Gasteiger partial charge in [0.2, 0.25) is 5.95 Å². The minimum atomic E-state index is -0.536. The van der Waals surface area contributed by atoms with E-state index in [9.17, 15) is 4.79 Å². The van der Waals surface area contributed by atoms with Gasteiger partial charge in [0.05, 0.1) is 5.57 Å². The largest absolute Gasteiger partial charge is 0.486 e. The summed E-state index contributed by atoms with van der Waals surface area (Å²) in [6.45, 7) is 4.86. The van der Waals surface area contributed by atoms with E-state index in [4.69, 9.17) is 19.6 Å². The van der Waals surface area contributed by atoms with E-state index in [-0.39, 0.29) is 5.91 Å². The summed E-state index contributed by atoms with van der Waals surface area (Å²) in [5.74, 6) is 2.18. The van der Waals surface area contributed by atoms with E-state index < -0.39 is 6.04 Å². The Kier molecular flexibility index (Phi) is 5.37. The van der Waals surface area contributed by atoms with Gasteiger partial charge in [-0.05, 0) is 55.8 Å². The fraction of sp³-hybridized carbons (Fsp3) is 0.185. The molecule has 6 rings (SSSR count). The first kappa shape index (κ1) is 21.8. The van der Waals surface area contributed by atoms with Crippen molar-refractivity contribution in [2.45, 2.75) is 19.9 Å². The van der Waals surface area contributed by atoms with Crippen LogP contribution in [0.25, 0.3) is 11.4 Å². The molecule has 0 fully saturated rings. The van der Waals surface area contributed by atoms with E-state index in [0.717, 1.165) is 16.7 Å². The van der Waals surface area contributed by atoms with Crippen molar-refractivity contribution in [3.05, 3.63) is 89.4 Å². The van der Waals surface area contributed by atoms with Crippen LogP contribution in [0, 0.1) is 6.92 Å². The summed E-state index contributed by atoms with van der Waals surface area (Å²) in [4.78, 5) is 22.5. The van der Waals surface area contributed by atoms with E-state index in [0.29, 0.717) is 53.4 Å². The Labute approximate surface area is 207 Å². The molecule has 1 unspecified atom stereocenters. The number of hydrogen-bond acceptors (Lipinski definition) is 7. The van der Waals surface area contributed by atoms with Gasteiger partial charge in [-0.2, -0.15) is 4.98 Å². The van der Waals surface area contributed by atoms with Gasteiger partial charge >= 0.3 is 0 Å². The molecule has 2 aliphatic rings. The highest BCUT2D eigenvalue weighted by molar-refractivity contribution is 6.06. The predicted octanol–water partition coefficient (Wildman–Crippen LogP) is 4.35. The molecule has 180 valence electrons. The lowest BCUT2D eigenvalue weighted by Crippen LogP contribution is -2.31. The second-order valence-electron chi connectivity index (χ2n) is 8.73. The second-order valence-corrected chi connectivity index (χ2v) is 8.73. The molecule has 2 aromatic heterocycles. The third-order valence-electron chi connectivity index (χ3n) is 6.23. The summed E-state index contributed by atoms with van der Waals surface area (Å²) in [5.41, 5.74) is 4.73. The molecule has 0 saturated heterocycles. The highest BCUT2D eigenvalue weighted by Gasteiger charge is 2.35. The second kappa shape index (κ2) is 8.84. The molecule has 0 saturated carbocycles. The van der Waals surface area contributed by atoms with E-state index >= 15 is 0 Å². The summed E-state index contributed by atoms with van der Waals surface area (Å²) in [6, 6.07) is 16.6. The number of hydrogen-bond donors (Lipinski definition) is 2. The molecule has 36 heavy (non-hydrogen) atoms. The van der Waals surface area contributed by atoms with Gasteiger partial charge in [0.25, 0.3) is 5.91 Å². The van der Waals surface area contributed by atoms with Crippen LogP contribution in [0.3, 0.4) is 0 Å². The summed E-state index contributed by atoms with van der Waals surface area (Å²) in [7, 11) is 0. The first-order valence-corrected chi connectivity index (χ1v) is 11.7. The fourth-order valence-corrected chi connectivity index (χ4v) is 4.44. The minimum Gasteiger partial charge on any atom is -0.486 e. The van der Waals surface area contributed by atoms with Crippen molar-refractivity contribution in [3.8, 4) is 22.9 Å². The maximum Gasteiger partial charge on any atom is 0.255 e. The summed E-state index contributed by atoms with van der Waals surface area (Å²) < 4.78 is 13.3. The standard InChI is InChI=1S/C27H24N6O3/c1-16-3-6-20(7-4-16)30-26(34)23-17(2)29-27-31-25(18-9-11-28-12-10-18)32-33(27)24(23)19-5-8-21-22(15-19)36-14-13-35-21/h3-12,15,24H,13-14H2,1-2H3,(H,30,34)(H,29,31,32). The van der Waals surface area contributed by atoms with E-state index in [1.807, 2.05) is 68.4 Å². The van der Waals surface area contributed by atoms with E-state index in [2.05, 4.69) is 15.6 Å². The zero-order valence-electron chi connectivity index (χ0n) is 19.9. The SMILES string of the molecule is CC1=C(C(=O)Nc2ccc(C)cc2)C(c2ccc3c(c2)OCCO3)n2nc(-c3ccncc3)nc2N1. The molecular weight excluding hydrogens is 456 g/mol. The zero-order valence-corrected chi connectivity index (χ0v) is 19.9. The number of benzene rings is 2. The van der Waals surface area contributed by atoms with Gasteiger partial charge in [-0.1, -0.05) is 23.8 Å². The molecule has 1 amide bonds. The lowest BCUT2D eigenvalue weighted by molar-refractivity contribution is -0.113. The Hall–Kier alpha value is -4.66. The van der Waals surface area contributed by atoms with Crippen LogP contribution in [0.2, 0.25) is 0 Å². The van der Waals surface area contributed by atoms with Crippen molar-refractivity contribution in [1.29, 1.82) is 0 Å². The predicted molar refractivity (Wildman–Crippen MR) is 135 cm³/mol. The summed E-state index contributed by atoms with van der Waals surface area (Å²) in [6.07, 6.45) is 3.40. The maximum absolute atomic E-state index is 13.7. The Balaban J connectivity index is 1.45. The topological polar surface area (TPSA) is 103 Å². The van der Waals surface area contributed by atoms with Crippen LogP contribution in [0.5, 0.6) is 11.5 Å². The van der Waals surface area contributed by atoms with Gasteiger partial charge in [0.1, 0.15) is 19.3 Å². The normalized spacial score (nSPS) is 16.2. The van der Waals surface area contributed by atoms with Gasteiger partial charge in [-0.3, -0.25) is 9.78 Å². The van der Waals surface area contributed by atoms with Crippen molar-refractivity contribution < 1.29 is 14.3 Å². The van der Waals surface area contributed by atoms with Gasteiger partial charge in [-0.25, -0.2) is 4.68 Å². The van der Waals surface area contributed by atoms with Gasteiger partial charge in [0, 0.05) is 29.3 Å². The molecule has 9 heteroatoms. The van der Waals surface area contributed by atoms with E-state index in [1.165, 1.54) is 0 Å². The molecule has 2 aromatic carbocycles. The number of nitrogens with zero attached hydrogens (tertiary/aromatic N) is 4. The van der Waals surface area contributed by atoms with Crippen LogP contribution in [0.4, 0.5) is 11.6 Å². The molecule has 0 spiro atoms. The third kappa shape index (κ3) is 3.94. The number of pyridine rings is 1. The lowest BCUT2D eigenvalue weighted by atomic mass is 9.94. The van der Waals surface area contributed by atoms with Crippen LogP contribution in [-0.2, 0) is 4.79 Å². The van der Waals surface area contributed by atoms with Crippen molar-refractivity contribution in [3.63, 3.8) is 0 Å². The number of carbonyl (C=O) groups is 1. The molecule has 0 radical (unpaired) electrons.